The average Bonchev–Trinajstić information content (AvgIpc) is 2.44. The summed E-state index contributed by atoms with van der Waals surface area (Å²) in [4.78, 5) is 12.1. The Bertz CT molecular complexity index is 4570. The Labute approximate surface area is 541 Å². The van der Waals surface area contributed by atoms with Gasteiger partial charge in [-0.1, -0.05) is 237 Å². The summed E-state index contributed by atoms with van der Waals surface area (Å²) in [6.07, 6.45) is 0. The van der Waals surface area contributed by atoms with Crippen molar-refractivity contribution in [1.29, 1.82) is 0 Å². The van der Waals surface area contributed by atoms with Crippen LogP contribution in [-0.2, 0) is 0 Å². The molecule has 0 bridgehead atoms. The normalized spacial score (nSPS) is 11.1. The van der Waals surface area contributed by atoms with E-state index in [0.29, 0.717) is 0 Å². The monoisotopic (exact) mass is 1200 g/mol. The van der Waals surface area contributed by atoms with E-state index in [9.17, 15) is 0 Å². The van der Waals surface area contributed by atoms with Gasteiger partial charge in [-0.2, -0.15) is 0 Å². The second kappa shape index (κ2) is 25.8. The molecule has 432 valence electrons. The molecule has 0 amide bonds. The Morgan fingerprint density at radius 2 is 0.264 bits per heavy atom. The topological polar surface area (TPSA) is 9.72 Å². The lowest BCUT2D eigenvalue weighted by atomic mass is 10.00. The summed E-state index contributed by atoms with van der Waals surface area (Å²) in [6, 6.07) is 134. The van der Waals surface area contributed by atoms with Crippen LogP contribution in [0.1, 0.15) is 0 Å². The van der Waals surface area contributed by atoms with Crippen molar-refractivity contribution >= 4 is 73.9 Å². The van der Waals surface area contributed by atoms with E-state index in [2.05, 4.69) is 385 Å². The highest BCUT2D eigenvalue weighted by atomic mass is 32.1. The second-order valence-corrected chi connectivity index (χ2v) is 24.7. The van der Waals surface area contributed by atoms with Crippen molar-refractivity contribution < 1.29 is 0 Å². The highest BCUT2D eigenvalue weighted by Crippen LogP contribution is 2.43. The Hall–Kier alpha value is -11.3. The van der Waals surface area contributed by atoms with Gasteiger partial charge in [0.2, 0.25) is 0 Å². The molecular formula is C86H61N3S2. The van der Waals surface area contributed by atoms with Gasteiger partial charge in [-0.25, -0.2) is 0 Å². The number of rotatable bonds is 17. The third-order valence-electron chi connectivity index (χ3n) is 16.8. The lowest BCUT2D eigenvalue weighted by Crippen LogP contribution is -2.10. The van der Waals surface area contributed by atoms with Gasteiger partial charge in [0.05, 0.1) is 0 Å². The first-order valence-corrected chi connectivity index (χ1v) is 32.4. The summed E-state index contributed by atoms with van der Waals surface area (Å²) in [5.74, 6) is 0. The van der Waals surface area contributed by atoms with Crippen LogP contribution in [0, 0.1) is 0 Å². The SMILES string of the molecule is c1ccc(-c2ccc(-c3ccc(N(c4ccc(-c5ccc(N(c6ccccc6)c6ccc(-c7ccc(-c8ccccc8)s7)cc6)cc5)cc4)c4ccc(-c5ccc(N(c6ccccc6)c6ccc(-c7ccc(-c8ccccc8)s7)cc6)cc5)cc4)cc3)cc2)cc1. The lowest BCUT2D eigenvalue weighted by molar-refractivity contribution is 1.28. The van der Waals surface area contributed by atoms with Crippen LogP contribution < -0.4 is 14.7 Å². The average molecular weight is 1200 g/mol. The van der Waals surface area contributed by atoms with Gasteiger partial charge in [0.1, 0.15) is 0 Å². The van der Waals surface area contributed by atoms with Crippen molar-refractivity contribution in [3.05, 3.63) is 370 Å². The smallest absolute Gasteiger partial charge is 0.0462 e. The Balaban J connectivity index is 0.702. The van der Waals surface area contributed by atoms with Gasteiger partial charge in [-0.05, 0) is 200 Å². The first-order valence-electron chi connectivity index (χ1n) is 30.8. The summed E-state index contributed by atoms with van der Waals surface area (Å²) < 4.78 is 0. The number of hydrogen-bond acceptors (Lipinski definition) is 5. The van der Waals surface area contributed by atoms with Gasteiger partial charge in [-0.15, -0.1) is 22.7 Å². The molecule has 0 saturated carbocycles. The molecule has 0 unspecified atom stereocenters. The van der Waals surface area contributed by atoms with Gasteiger partial charge in [-0.3, -0.25) is 0 Å². The summed E-state index contributed by atoms with van der Waals surface area (Å²) in [7, 11) is 0. The summed E-state index contributed by atoms with van der Waals surface area (Å²) in [5.41, 5.74) is 24.0. The molecule has 15 aromatic rings. The fourth-order valence-electron chi connectivity index (χ4n) is 12.0. The molecule has 3 nitrogen and oxygen atoms in total. The molecule has 0 fully saturated rings. The van der Waals surface area contributed by atoms with E-state index >= 15 is 0 Å². The first kappa shape index (κ1) is 56.2. The van der Waals surface area contributed by atoms with Crippen molar-refractivity contribution in [1.82, 2.24) is 0 Å². The molecule has 13 aromatic carbocycles. The van der Waals surface area contributed by atoms with Gasteiger partial charge in [0, 0.05) is 70.7 Å². The van der Waals surface area contributed by atoms with E-state index in [-0.39, 0.29) is 0 Å². The molecule has 0 atom stereocenters. The molecule has 0 aliphatic carbocycles. The van der Waals surface area contributed by atoms with Crippen molar-refractivity contribution in [3.8, 4) is 86.3 Å². The third kappa shape index (κ3) is 12.2. The quantitative estimate of drug-likeness (QED) is 0.0900. The van der Waals surface area contributed by atoms with Crippen molar-refractivity contribution in [3.63, 3.8) is 0 Å². The van der Waals surface area contributed by atoms with Gasteiger partial charge >= 0.3 is 0 Å². The molecule has 0 aliphatic rings. The molecular weight excluding hydrogens is 1140 g/mol. The maximum Gasteiger partial charge on any atom is 0.0462 e. The molecule has 2 heterocycles. The predicted molar refractivity (Wildman–Crippen MR) is 390 cm³/mol. The Morgan fingerprint density at radius 3 is 0.484 bits per heavy atom. The third-order valence-corrected chi connectivity index (χ3v) is 19.2. The molecule has 0 spiro atoms. The number of nitrogens with zero attached hydrogens (tertiary/aromatic N) is 3. The number of anilines is 9. The highest BCUT2D eigenvalue weighted by molar-refractivity contribution is 7.19. The van der Waals surface area contributed by atoms with Crippen LogP contribution >= 0.6 is 22.7 Å². The summed E-state index contributed by atoms with van der Waals surface area (Å²) >= 11 is 3.65. The molecule has 0 saturated heterocycles. The zero-order valence-electron chi connectivity index (χ0n) is 49.9. The van der Waals surface area contributed by atoms with Crippen molar-refractivity contribution in [2.75, 3.05) is 14.7 Å². The lowest BCUT2D eigenvalue weighted by Gasteiger charge is -2.27. The summed E-state index contributed by atoms with van der Waals surface area (Å²) in [5, 5.41) is 0. The molecule has 2 aromatic heterocycles. The van der Waals surface area contributed by atoms with Crippen LogP contribution in [0.15, 0.2) is 370 Å². The van der Waals surface area contributed by atoms with Gasteiger partial charge in [0.15, 0.2) is 0 Å². The maximum absolute atomic E-state index is 2.36. The van der Waals surface area contributed by atoms with E-state index in [1.54, 1.807) is 0 Å². The van der Waals surface area contributed by atoms with Crippen LogP contribution in [0.2, 0.25) is 0 Å². The van der Waals surface area contributed by atoms with Crippen molar-refractivity contribution in [2.45, 2.75) is 0 Å². The Kier molecular flexibility index (Phi) is 15.9. The van der Waals surface area contributed by atoms with E-state index in [4.69, 9.17) is 0 Å². The molecule has 0 N–H and O–H groups in total. The second-order valence-electron chi connectivity index (χ2n) is 22.5. The number of hydrogen-bond donors (Lipinski definition) is 0. The molecule has 5 heteroatoms. The van der Waals surface area contributed by atoms with E-state index in [1.807, 2.05) is 22.7 Å². The maximum atomic E-state index is 2.36. The number of benzene rings is 13. The standard InChI is InChI=1S/C86H61N3S2/c1-6-16-62(17-7-1)63-26-28-64(29-27-63)65-30-48-78(49-31-65)89(79-50-36-68(37-51-79)66-32-44-76(45-33-66)87(74-22-12-4-13-23-74)81-54-40-72(41-55-81)85-60-58-83(90-85)70-18-8-2-9-19-70)80-52-38-69(39-53-80)67-34-46-77(47-35-67)88(75-24-14-5-15-25-75)82-56-42-73(43-57-82)86-61-59-84(91-86)71-20-10-3-11-21-71/h1-61H. The Morgan fingerprint density at radius 1 is 0.121 bits per heavy atom. The fraction of sp³-hybridized carbons (Fsp3) is 0. The number of thiophene rings is 2. The minimum Gasteiger partial charge on any atom is -0.311 e. The highest BCUT2D eigenvalue weighted by Gasteiger charge is 2.19. The molecule has 0 aliphatic heterocycles. The minimum atomic E-state index is 1.07. The number of para-hydroxylation sites is 2. The summed E-state index contributed by atoms with van der Waals surface area (Å²) in [6.45, 7) is 0. The van der Waals surface area contributed by atoms with Crippen LogP contribution in [0.25, 0.3) is 86.3 Å². The predicted octanol–water partition coefficient (Wildman–Crippen LogP) is 25.6. The van der Waals surface area contributed by atoms with E-state index < -0.39 is 0 Å². The van der Waals surface area contributed by atoms with Crippen molar-refractivity contribution in [2.24, 2.45) is 0 Å². The molecule has 15 rings (SSSR count). The minimum absolute atomic E-state index is 1.07. The molecule has 91 heavy (non-hydrogen) atoms. The van der Waals surface area contributed by atoms with Gasteiger partial charge in [0.25, 0.3) is 0 Å². The van der Waals surface area contributed by atoms with Crippen LogP contribution in [-0.4, -0.2) is 0 Å². The van der Waals surface area contributed by atoms with Crippen LogP contribution in [0.4, 0.5) is 51.2 Å². The fourth-order valence-corrected chi connectivity index (χ4v) is 14.1. The zero-order chi connectivity index (χ0) is 60.7. The van der Waals surface area contributed by atoms with Gasteiger partial charge < -0.3 is 14.7 Å². The van der Waals surface area contributed by atoms with E-state index in [1.165, 1.54) is 64.0 Å². The van der Waals surface area contributed by atoms with Crippen LogP contribution in [0.3, 0.4) is 0 Å². The van der Waals surface area contributed by atoms with E-state index in [0.717, 1.165) is 73.4 Å². The zero-order valence-corrected chi connectivity index (χ0v) is 51.5. The van der Waals surface area contributed by atoms with Crippen LogP contribution in [0.5, 0.6) is 0 Å². The first-order chi connectivity index (χ1) is 45.1. The molecule has 0 radical (unpaired) electrons. The largest absolute Gasteiger partial charge is 0.311 e.